The average Bonchev–Trinajstić information content (AvgIpc) is 3.16. The summed E-state index contributed by atoms with van der Waals surface area (Å²) in [5, 5.41) is 7.64. The maximum atomic E-state index is 5.86. The third-order valence-electron chi connectivity index (χ3n) is 3.35. The van der Waals surface area contributed by atoms with Crippen LogP contribution in [-0.2, 0) is 0 Å². The summed E-state index contributed by atoms with van der Waals surface area (Å²) < 4.78 is 7.70. The fraction of sp³-hybridized carbons (Fsp3) is 0.0625. The lowest BCUT2D eigenvalue weighted by Gasteiger charge is -2.02. The Morgan fingerprint density at radius 2 is 1.86 bits per heavy atom. The monoisotopic (exact) mass is 276 g/mol. The lowest BCUT2D eigenvalue weighted by atomic mass is 10.2. The molecule has 0 amide bonds. The van der Waals surface area contributed by atoms with Gasteiger partial charge in [0.1, 0.15) is 18.2 Å². The van der Waals surface area contributed by atoms with Gasteiger partial charge in [-0.1, -0.05) is 12.1 Å². The highest BCUT2D eigenvalue weighted by molar-refractivity contribution is 5.77. The average molecular weight is 276 g/mol. The Kier molecular flexibility index (Phi) is 2.57. The molecule has 0 aliphatic heterocycles. The smallest absolute Gasteiger partial charge is 0.227 e. The highest BCUT2D eigenvalue weighted by atomic mass is 16.3. The highest BCUT2D eigenvalue weighted by Crippen LogP contribution is 2.26. The van der Waals surface area contributed by atoms with E-state index in [1.165, 1.54) is 0 Å². The van der Waals surface area contributed by atoms with Crippen LogP contribution in [0.15, 0.2) is 59.5 Å². The van der Waals surface area contributed by atoms with Crippen molar-refractivity contribution >= 4 is 11.1 Å². The van der Waals surface area contributed by atoms with Crippen LogP contribution in [0.1, 0.15) is 5.56 Å². The molecule has 0 saturated heterocycles. The van der Waals surface area contributed by atoms with Crippen molar-refractivity contribution in [3.8, 4) is 17.1 Å². The third kappa shape index (κ3) is 2.08. The van der Waals surface area contributed by atoms with Crippen molar-refractivity contribution in [1.29, 1.82) is 0 Å². The fourth-order valence-electron chi connectivity index (χ4n) is 2.29. The Hall–Kier alpha value is -2.95. The minimum Gasteiger partial charge on any atom is -0.436 e. The van der Waals surface area contributed by atoms with Crippen molar-refractivity contribution in [3.05, 3.63) is 60.7 Å². The van der Waals surface area contributed by atoms with Gasteiger partial charge in [0.05, 0.1) is 0 Å². The number of hydrogen-bond acceptors (Lipinski definition) is 4. The van der Waals surface area contributed by atoms with E-state index in [0.717, 1.165) is 27.9 Å². The van der Waals surface area contributed by atoms with Crippen molar-refractivity contribution < 1.29 is 4.42 Å². The van der Waals surface area contributed by atoms with Gasteiger partial charge in [0.15, 0.2) is 5.58 Å². The summed E-state index contributed by atoms with van der Waals surface area (Å²) >= 11 is 0. The molecule has 21 heavy (non-hydrogen) atoms. The number of rotatable bonds is 2. The Morgan fingerprint density at radius 3 is 2.71 bits per heavy atom. The van der Waals surface area contributed by atoms with Gasteiger partial charge >= 0.3 is 0 Å². The molecule has 0 unspecified atom stereocenters. The lowest BCUT2D eigenvalue weighted by Crippen LogP contribution is -1.90. The first kappa shape index (κ1) is 11.8. The van der Waals surface area contributed by atoms with E-state index in [1.54, 1.807) is 12.7 Å². The Balaban J connectivity index is 1.83. The van der Waals surface area contributed by atoms with Gasteiger partial charge in [0, 0.05) is 11.3 Å². The van der Waals surface area contributed by atoms with Gasteiger partial charge in [0.25, 0.3) is 0 Å². The summed E-state index contributed by atoms with van der Waals surface area (Å²) in [5.74, 6) is 0.616. The standard InChI is InChI=1S/C16H12N4O/c1-11-5-6-14-15(7-11)21-16(19-14)12-3-2-4-13(8-12)20-9-17-18-10-20/h2-10H,1H3. The van der Waals surface area contributed by atoms with E-state index >= 15 is 0 Å². The molecule has 5 nitrogen and oxygen atoms in total. The Bertz CT molecular complexity index is 909. The molecular weight excluding hydrogens is 264 g/mol. The van der Waals surface area contributed by atoms with Gasteiger partial charge in [-0.2, -0.15) is 0 Å². The van der Waals surface area contributed by atoms with Gasteiger partial charge in [-0.15, -0.1) is 10.2 Å². The van der Waals surface area contributed by atoms with Gasteiger partial charge in [-0.3, -0.25) is 4.57 Å². The number of nitrogens with zero attached hydrogens (tertiary/aromatic N) is 4. The summed E-state index contributed by atoms with van der Waals surface area (Å²) in [6.45, 7) is 2.04. The number of aromatic nitrogens is 4. The zero-order chi connectivity index (χ0) is 14.2. The SMILES string of the molecule is Cc1ccc2nc(-c3cccc(-n4cnnc4)c3)oc2c1. The first-order valence-corrected chi connectivity index (χ1v) is 6.62. The molecule has 0 atom stereocenters. The van der Waals surface area contributed by atoms with Crippen LogP contribution in [0.2, 0.25) is 0 Å². The summed E-state index contributed by atoms with van der Waals surface area (Å²) in [5.41, 5.74) is 4.72. The minimum atomic E-state index is 0.616. The normalized spacial score (nSPS) is 11.1. The molecular formula is C16H12N4O. The molecule has 0 radical (unpaired) electrons. The van der Waals surface area contributed by atoms with E-state index < -0.39 is 0 Å². The summed E-state index contributed by atoms with van der Waals surface area (Å²) in [6, 6.07) is 13.9. The fourth-order valence-corrected chi connectivity index (χ4v) is 2.29. The number of hydrogen-bond donors (Lipinski definition) is 0. The van der Waals surface area contributed by atoms with Crippen LogP contribution in [0.3, 0.4) is 0 Å². The predicted octanol–water partition coefficient (Wildman–Crippen LogP) is 3.38. The molecule has 0 saturated carbocycles. The van der Waals surface area contributed by atoms with Gasteiger partial charge in [-0.05, 0) is 42.8 Å². The Labute approximate surface area is 120 Å². The van der Waals surface area contributed by atoms with Crippen LogP contribution >= 0.6 is 0 Å². The molecule has 0 fully saturated rings. The molecule has 0 bridgehead atoms. The summed E-state index contributed by atoms with van der Waals surface area (Å²) in [7, 11) is 0. The van der Waals surface area contributed by atoms with Crippen LogP contribution in [0.5, 0.6) is 0 Å². The number of fused-ring (bicyclic) bond motifs is 1. The van der Waals surface area contributed by atoms with Gasteiger partial charge in [-0.25, -0.2) is 4.98 Å². The lowest BCUT2D eigenvalue weighted by molar-refractivity contribution is 0.619. The Morgan fingerprint density at radius 1 is 1.00 bits per heavy atom. The topological polar surface area (TPSA) is 56.7 Å². The molecule has 2 aromatic carbocycles. The van der Waals surface area contributed by atoms with Crippen LogP contribution in [0, 0.1) is 6.92 Å². The highest BCUT2D eigenvalue weighted by Gasteiger charge is 2.09. The molecule has 4 aromatic rings. The molecule has 0 spiro atoms. The quantitative estimate of drug-likeness (QED) is 0.563. The van der Waals surface area contributed by atoms with Crippen LogP contribution in [0.25, 0.3) is 28.2 Å². The zero-order valence-electron chi connectivity index (χ0n) is 11.4. The maximum absolute atomic E-state index is 5.86. The van der Waals surface area contributed by atoms with Crippen molar-refractivity contribution in [2.24, 2.45) is 0 Å². The minimum absolute atomic E-state index is 0.616. The van der Waals surface area contributed by atoms with Crippen molar-refractivity contribution in [2.75, 3.05) is 0 Å². The molecule has 0 aliphatic rings. The van der Waals surface area contributed by atoms with Crippen molar-refractivity contribution in [2.45, 2.75) is 6.92 Å². The molecule has 4 rings (SSSR count). The molecule has 102 valence electrons. The van der Waals surface area contributed by atoms with E-state index in [1.807, 2.05) is 54.0 Å². The summed E-state index contributed by atoms with van der Waals surface area (Å²) in [6.07, 6.45) is 3.32. The van der Waals surface area contributed by atoms with E-state index in [2.05, 4.69) is 15.2 Å². The molecule has 0 N–H and O–H groups in total. The summed E-state index contributed by atoms with van der Waals surface area (Å²) in [4.78, 5) is 4.54. The first-order valence-electron chi connectivity index (χ1n) is 6.62. The number of benzene rings is 2. The van der Waals surface area contributed by atoms with Crippen molar-refractivity contribution in [1.82, 2.24) is 19.7 Å². The van der Waals surface area contributed by atoms with E-state index in [-0.39, 0.29) is 0 Å². The van der Waals surface area contributed by atoms with Crippen LogP contribution < -0.4 is 0 Å². The second kappa shape index (κ2) is 4.56. The van der Waals surface area contributed by atoms with E-state index in [9.17, 15) is 0 Å². The second-order valence-electron chi connectivity index (χ2n) is 4.91. The predicted molar refractivity (Wildman–Crippen MR) is 79.1 cm³/mol. The largest absolute Gasteiger partial charge is 0.436 e. The van der Waals surface area contributed by atoms with Crippen LogP contribution in [0.4, 0.5) is 0 Å². The number of oxazole rings is 1. The molecule has 2 heterocycles. The second-order valence-corrected chi connectivity index (χ2v) is 4.91. The molecule has 0 aliphatic carbocycles. The number of aryl methyl sites for hydroxylation is 1. The molecule has 5 heteroatoms. The third-order valence-corrected chi connectivity index (χ3v) is 3.35. The maximum Gasteiger partial charge on any atom is 0.227 e. The zero-order valence-corrected chi connectivity index (χ0v) is 11.4. The van der Waals surface area contributed by atoms with Gasteiger partial charge in [0.2, 0.25) is 5.89 Å². The van der Waals surface area contributed by atoms with E-state index in [4.69, 9.17) is 4.42 Å². The van der Waals surface area contributed by atoms with Crippen molar-refractivity contribution in [3.63, 3.8) is 0 Å². The van der Waals surface area contributed by atoms with Crippen LogP contribution in [-0.4, -0.2) is 19.7 Å². The molecule has 2 aromatic heterocycles. The van der Waals surface area contributed by atoms with Gasteiger partial charge < -0.3 is 4.42 Å². The first-order chi connectivity index (χ1) is 10.3. The van der Waals surface area contributed by atoms with E-state index in [0.29, 0.717) is 5.89 Å².